The lowest BCUT2D eigenvalue weighted by atomic mass is 9.94. The number of aryl methyl sites for hydroxylation is 1. The molecule has 23 heteroatoms. The Balaban J connectivity index is 0.00000128. The average molecular weight is 1140 g/mol. The Bertz CT molecular complexity index is 1930. The molecule has 3 atom stereocenters. The fraction of sp³-hybridized carbons (Fsp3) is 0.772. The van der Waals surface area contributed by atoms with E-state index in [4.69, 9.17) is 14.6 Å². The topological polar surface area (TPSA) is 350 Å². The van der Waals surface area contributed by atoms with Crippen molar-refractivity contribution in [2.45, 2.75) is 219 Å². The second-order valence-corrected chi connectivity index (χ2v) is 20.6. The summed E-state index contributed by atoms with van der Waals surface area (Å²) in [5.74, 6) is -7.74. The number of hydrogen-bond acceptors (Lipinski definition) is 13. The molecule has 1 aromatic rings. The number of carboxylic acids is 4. The van der Waals surface area contributed by atoms with Crippen molar-refractivity contribution in [3.05, 3.63) is 18.2 Å². The van der Waals surface area contributed by atoms with Gasteiger partial charge in [0.1, 0.15) is 24.5 Å². The first-order valence-corrected chi connectivity index (χ1v) is 29.4. The van der Waals surface area contributed by atoms with Gasteiger partial charge in [-0.2, -0.15) is 0 Å². The van der Waals surface area contributed by atoms with Crippen molar-refractivity contribution in [2.75, 3.05) is 52.6 Å². The van der Waals surface area contributed by atoms with E-state index in [1.807, 2.05) is 0 Å². The maximum atomic E-state index is 12.6. The molecule has 0 saturated carbocycles. The van der Waals surface area contributed by atoms with Crippen LogP contribution in [0, 0.1) is 11.8 Å². The number of ether oxygens (including phenoxy) is 2. The van der Waals surface area contributed by atoms with E-state index in [2.05, 4.69) is 38.2 Å². The summed E-state index contributed by atoms with van der Waals surface area (Å²) < 4.78 is 10.5. The van der Waals surface area contributed by atoms with Crippen molar-refractivity contribution in [2.24, 2.45) is 11.8 Å². The maximum absolute atomic E-state index is 12.6. The number of amides is 5. The van der Waals surface area contributed by atoms with E-state index in [1.165, 1.54) is 96.2 Å². The standard InChI is InChI=1S/C38H59N7O14.C19H38O2/c1-2-34(50)45-16-12-25(13-17-45)35(51)44-30(38(56)57)9-11-32(48)41-15-18-58-19-20-59-23-33(49)43-29(37(54)55)8-10-31(47)40-14-4-3-5-26(36(52)53)21-28(46)7-6-27-22-39-24-42-27;1-2-3-4-5-6-7-8-9-10-11-12-13-14-15-16-17-18-19(20)21/h22,24-26,29-30H,2-21,23H2,1H3,(H,39,42)(H,40,47)(H,41,48)(H,43,49)(H,44,51)(H,52,53)(H,54,55)(H,56,57);2-18H2,1H3,(H,20,21)/t26-,29+,30+;/m1./s1. The van der Waals surface area contributed by atoms with Gasteiger partial charge in [-0.05, 0) is 51.4 Å². The summed E-state index contributed by atoms with van der Waals surface area (Å²) in [5, 5.41) is 47.1. The molecule has 80 heavy (non-hydrogen) atoms. The van der Waals surface area contributed by atoms with Crippen LogP contribution in [0.25, 0.3) is 0 Å². The minimum Gasteiger partial charge on any atom is -0.481 e. The van der Waals surface area contributed by atoms with Gasteiger partial charge >= 0.3 is 23.9 Å². The molecule has 1 fully saturated rings. The summed E-state index contributed by atoms with van der Waals surface area (Å²) in [6, 6.07) is -2.59. The number of imidazole rings is 1. The third kappa shape index (κ3) is 38.6. The van der Waals surface area contributed by atoms with Gasteiger partial charge in [0.05, 0.1) is 32.1 Å². The molecular weight excluding hydrogens is 1040 g/mol. The summed E-state index contributed by atoms with van der Waals surface area (Å²) in [6.07, 6.45) is 27.1. The second-order valence-electron chi connectivity index (χ2n) is 20.6. The number of likely N-dealkylation sites (tertiary alicyclic amines) is 1. The van der Waals surface area contributed by atoms with Crippen LogP contribution in [-0.2, 0) is 63.8 Å². The number of piperidine rings is 1. The highest BCUT2D eigenvalue weighted by molar-refractivity contribution is 5.87. The van der Waals surface area contributed by atoms with Gasteiger partial charge in [-0.15, -0.1) is 0 Å². The van der Waals surface area contributed by atoms with E-state index in [-0.39, 0.29) is 89.5 Å². The van der Waals surface area contributed by atoms with Gasteiger partial charge < -0.3 is 61.1 Å². The van der Waals surface area contributed by atoms with Crippen molar-refractivity contribution >= 4 is 59.2 Å². The zero-order valence-electron chi connectivity index (χ0n) is 47.9. The van der Waals surface area contributed by atoms with Crippen molar-refractivity contribution in [1.82, 2.24) is 36.1 Å². The fourth-order valence-electron chi connectivity index (χ4n) is 8.98. The van der Waals surface area contributed by atoms with Gasteiger partial charge in [-0.1, -0.05) is 117 Å². The van der Waals surface area contributed by atoms with Gasteiger partial charge in [-0.25, -0.2) is 14.6 Å². The lowest BCUT2D eigenvalue weighted by Crippen LogP contribution is -2.47. The molecule has 23 nitrogen and oxygen atoms in total. The SMILES string of the molecule is CCC(=O)N1CCC(C(=O)N[C@@H](CCC(=O)NCCOCCOCC(=O)N[C@@H](CCC(=O)NCCCC[C@H](CC(=O)CCc2cnc[nH]2)C(=O)O)C(=O)O)C(=O)O)CC1.CCCCCCCCCCCCCCCCCCC(=O)O. The van der Waals surface area contributed by atoms with E-state index in [0.29, 0.717) is 58.0 Å². The Labute approximate surface area is 473 Å². The number of H-pyrrole nitrogens is 1. The number of hydrogen-bond donors (Lipinski definition) is 9. The zero-order chi connectivity index (χ0) is 59.2. The number of carbonyl (C=O) groups excluding carboxylic acids is 6. The molecule has 5 amide bonds. The van der Waals surface area contributed by atoms with Gasteiger partial charge in [-0.3, -0.25) is 38.4 Å². The smallest absolute Gasteiger partial charge is 0.326 e. The highest BCUT2D eigenvalue weighted by atomic mass is 16.5. The minimum absolute atomic E-state index is 0.00667. The van der Waals surface area contributed by atoms with Gasteiger partial charge in [0.15, 0.2) is 0 Å². The Morgan fingerprint density at radius 3 is 1.65 bits per heavy atom. The zero-order valence-corrected chi connectivity index (χ0v) is 47.9. The van der Waals surface area contributed by atoms with Crippen LogP contribution < -0.4 is 21.3 Å². The molecule has 0 spiro atoms. The molecule has 0 radical (unpaired) electrons. The second kappa shape index (κ2) is 46.7. The van der Waals surface area contributed by atoms with Crippen LogP contribution in [0.2, 0.25) is 0 Å². The molecule has 9 N–H and O–H groups in total. The fourth-order valence-corrected chi connectivity index (χ4v) is 8.98. The van der Waals surface area contributed by atoms with Crippen molar-refractivity contribution in [3.63, 3.8) is 0 Å². The summed E-state index contributed by atoms with van der Waals surface area (Å²) in [7, 11) is 0. The van der Waals surface area contributed by atoms with Crippen molar-refractivity contribution < 1.29 is 77.8 Å². The summed E-state index contributed by atoms with van der Waals surface area (Å²) in [6.45, 7) is 4.87. The molecule has 2 rings (SSSR count). The number of Topliss-reactive ketones (excluding diaryl/α,β-unsaturated/α-hetero) is 1. The quantitative estimate of drug-likeness (QED) is 0.0314. The normalized spacial score (nSPS) is 13.4. The molecule has 0 unspecified atom stereocenters. The lowest BCUT2D eigenvalue weighted by Gasteiger charge is -2.31. The van der Waals surface area contributed by atoms with Crippen LogP contribution >= 0.6 is 0 Å². The molecule has 2 heterocycles. The van der Waals surface area contributed by atoms with Crippen LogP contribution in [0.1, 0.15) is 206 Å². The van der Waals surface area contributed by atoms with E-state index >= 15 is 0 Å². The molecule has 0 aromatic carbocycles. The van der Waals surface area contributed by atoms with Gasteiger partial charge in [0.2, 0.25) is 29.5 Å². The minimum atomic E-state index is -1.34. The van der Waals surface area contributed by atoms with Gasteiger partial charge in [0.25, 0.3) is 0 Å². The number of aliphatic carboxylic acids is 4. The molecule has 0 aliphatic carbocycles. The maximum Gasteiger partial charge on any atom is 0.326 e. The van der Waals surface area contributed by atoms with E-state index in [9.17, 15) is 63.3 Å². The average Bonchev–Trinajstić information content (AvgIpc) is 3.96. The molecular formula is C57H97N7O16. The number of aromatic nitrogens is 2. The Morgan fingerprint density at radius 1 is 0.600 bits per heavy atom. The Kier molecular flexibility index (Phi) is 42.1. The Hall–Kier alpha value is -5.97. The molecule has 1 aliphatic heterocycles. The summed E-state index contributed by atoms with van der Waals surface area (Å²) >= 11 is 0. The van der Waals surface area contributed by atoms with Crippen LogP contribution in [0.4, 0.5) is 0 Å². The number of carbonyl (C=O) groups is 10. The lowest BCUT2D eigenvalue weighted by molar-refractivity contribution is -0.144. The van der Waals surface area contributed by atoms with Crippen LogP contribution in [0.3, 0.4) is 0 Å². The first-order chi connectivity index (χ1) is 38.5. The molecule has 456 valence electrons. The first kappa shape index (κ1) is 72.0. The highest BCUT2D eigenvalue weighted by Gasteiger charge is 2.30. The molecule has 1 aromatic heterocycles. The number of carboxylic acid groups (broad SMARTS) is 4. The van der Waals surface area contributed by atoms with Crippen molar-refractivity contribution in [1.29, 1.82) is 0 Å². The van der Waals surface area contributed by atoms with E-state index in [0.717, 1.165) is 18.5 Å². The van der Waals surface area contributed by atoms with E-state index in [1.54, 1.807) is 18.0 Å². The first-order valence-electron chi connectivity index (χ1n) is 29.4. The summed E-state index contributed by atoms with van der Waals surface area (Å²) in [4.78, 5) is 127. The summed E-state index contributed by atoms with van der Waals surface area (Å²) in [5.41, 5.74) is 0.789. The molecule has 1 saturated heterocycles. The third-order valence-corrected chi connectivity index (χ3v) is 13.9. The largest absolute Gasteiger partial charge is 0.481 e. The number of ketones is 1. The number of rotatable bonds is 48. The van der Waals surface area contributed by atoms with Crippen LogP contribution in [0.5, 0.6) is 0 Å². The third-order valence-electron chi connectivity index (χ3n) is 13.9. The monoisotopic (exact) mass is 1140 g/mol. The van der Waals surface area contributed by atoms with Crippen LogP contribution in [-0.4, -0.2) is 159 Å². The Morgan fingerprint density at radius 2 is 1.14 bits per heavy atom. The van der Waals surface area contributed by atoms with E-state index < -0.39 is 78.0 Å². The number of unbranched alkanes of at least 4 members (excludes halogenated alkanes) is 16. The number of nitrogens with one attached hydrogen (secondary N) is 5. The van der Waals surface area contributed by atoms with Crippen molar-refractivity contribution in [3.8, 4) is 0 Å². The molecule has 1 aliphatic rings. The number of aromatic amines is 1. The van der Waals surface area contributed by atoms with Gasteiger partial charge in [0, 0.05) is 82.5 Å². The number of nitrogens with zero attached hydrogens (tertiary/aromatic N) is 2. The predicted molar refractivity (Wildman–Crippen MR) is 298 cm³/mol. The van der Waals surface area contributed by atoms with Crippen LogP contribution in [0.15, 0.2) is 12.5 Å². The molecule has 0 bridgehead atoms. The highest BCUT2D eigenvalue weighted by Crippen LogP contribution is 2.20. The predicted octanol–water partition coefficient (Wildman–Crippen LogP) is 6.51.